The molecule has 0 spiro atoms. The van der Waals surface area contributed by atoms with Crippen molar-refractivity contribution < 1.29 is 9.90 Å². The lowest BCUT2D eigenvalue weighted by atomic mass is 10.1. The topological polar surface area (TPSA) is 75.4 Å². The van der Waals surface area contributed by atoms with Gasteiger partial charge in [-0.2, -0.15) is 0 Å². The summed E-state index contributed by atoms with van der Waals surface area (Å²) in [5, 5.41) is 12.5. The molecule has 0 aliphatic rings. The first-order valence-corrected chi connectivity index (χ1v) is 5.77. The molecule has 2 unspecified atom stereocenters. The van der Waals surface area contributed by atoms with Crippen LogP contribution in [-0.4, -0.2) is 29.7 Å². The molecule has 0 heterocycles. The van der Waals surface area contributed by atoms with Crippen molar-refractivity contribution in [2.24, 2.45) is 5.73 Å². The van der Waals surface area contributed by atoms with Gasteiger partial charge in [0.05, 0.1) is 6.10 Å². The molecule has 4 N–H and O–H groups in total. The maximum absolute atomic E-state index is 11.7. The summed E-state index contributed by atoms with van der Waals surface area (Å²) >= 11 is 5.87. The van der Waals surface area contributed by atoms with E-state index in [1.807, 2.05) is 6.92 Å². The van der Waals surface area contributed by atoms with Crippen LogP contribution in [0.5, 0.6) is 0 Å². The average Bonchev–Trinajstić information content (AvgIpc) is 2.28. The number of rotatable bonds is 4. The molecular formula is C12H17ClN2O2. The van der Waals surface area contributed by atoms with E-state index in [1.54, 1.807) is 25.1 Å². The van der Waals surface area contributed by atoms with Gasteiger partial charge < -0.3 is 16.2 Å². The number of carbonyl (C=O) groups is 1. The van der Waals surface area contributed by atoms with Gasteiger partial charge in [0.15, 0.2) is 0 Å². The Bertz CT molecular complexity index is 407. The van der Waals surface area contributed by atoms with E-state index in [-0.39, 0.29) is 12.5 Å². The molecule has 5 heteroatoms. The highest BCUT2D eigenvalue weighted by atomic mass is 35.5. The Balaban J connectivity index is 2.61. The second-order valence-corrected chi connectivity index (χ2v) is 4.49. The highest BCUT2D eigenvalue weighted by Gasteiger charge is 2.12. The summed E-state index contributed by atoms with van der Waals surface area (Å²) in [6, 6.07) is 4.58. The van der Waals surface area contributed by atoms with Gasteiger partial charge in [0.1, 0.15) is 0 Å². The minimum Gasteiger partial charge on any atom is -0.392 e. The van der Waals surface area contributed by atoms with Crippen LogP contribution in [0.4, 0.5) is 0 Å². The Labute approximate surface area is 106 Å². The third-order valence-corrected chi connectivity index (χ3v) is 2.96. The third kappa shape index (κ3) is 4.00. The number of nitrogens with two attached hydrogens (primary N) is 1. The van der Waals surface area contributed by atoms with Crippen LogP contribution >= 0.6 is 11.6 Å². The van der Waals surface area contributed by atoms with Crippen molar-refractivity contribution >= 4 is 17.5 Å². The zero-order valence-electron chi connectivity index (χ0n) is 9.90. The summed E-state index contributed by atoms with van der Waals surface area (Å²) < 4.78 is 0. The van der Waals surface area contributed by atoms with Crippen LogP contribution in [0.25, 0.3) is 0 Å². The minimum absolute atomic E-state index is 0.221. The van der Waals surface area contributed by atoms with E-state index >= 15 is 0 Å². The molecule has 0 radical (unpaired) electrons. The van der Waals surface area contributed by atoms with Crippen molar-refractivity contribution in [3.05, 3.63) is 34.3 Å². The number of benzene rings is 1. The van der Waals surface area contributed by atoms with Crippen LogP contribution in [0, 0.1) is 6.92 Å². The smallest absolute Gasteiger partial charge is 0.251 e. The molecule has 94 valence electrons. The lowest BCUT2D eigenvalue weighted by Gasteiger charge is -2.15. The molecule has 4 nitrogen and oxygen atoms in total. The Morgan fingerprint density at radius 3 is 2.76 bits per heavy atom. The Kier molecular flexibility index (Phi) is 4.93. The molecule has 1 amide bonds. The fourth-order valence-corrected chi connectivity index (χ4v) is 1.39. The number of hydrogen-bond acceptors (Lipinski definition) is 3. The molecule has 0 bridgehead atoms. The van der Waals surface area contributed by atoms with Crippen LogP contribution < -0.4 is 11.1 Å². The molecule has 1 rings (SSSR count). The maximum atomic E-state index is 11.7. The zero-order chi connectivity index (χ0) is 13.0. The molecule has 0 fully saturated rings. The number of amides is 1. The van der Waals surface area contributed by atoms with Crippen LogP contribution in [0.2, 0.25) is 5.02 Å². The summed E-state index contributed by atoms with van der Waals surface area (Å²) in [6.45, 7) is 3.65. The largest absolute Gasteiger partial charge is 0.392 e. The van der Waals surface area contributed by atoms with E-state index in [4.69, 9.17) is 17.3 Å². The van der Waals surface area contributed by atoms with Crippen LogP contribution in [0.15, 0.2) is 18.2 Å². The number of aliphatic hydroxyl groups is 1. The molecule has 17 heavy (non-hydrogen) atoms. The van der Waals surface area contributed by atoms with E-state index < -0.39 is 12.1 Å². The maximum Gasteiger partial charge on any atom is 0.251 e. The Hall–Kier alpha value is -1.10. The first-order valence-electron chi connectivity index (χ1n) is 5.40. The van der Waals surface area contributed by atoms with Crippen molar-refractivity contribution in [3.8, 4) is 0 Å². The van der Waals surface area contributed by atoms with Crippen LogP contribution in [-0.2, 0) is 0 Å². The molecule has 0 saturated heterocycles. The van der Waals surface area contributed by atoms with Gasteiger partial charge in [-0.1, -0.05) is 11.6 Å². The highest BCUT2D eigenvalue weighted by molar-refractivity contribution is 6.31. The fraction of sp³-hybridized carbons (Fsp3) is 0.417. The van der Waals surface area contributed by atoms with E-state index in [1.165, 1.54) is 0 Å². The van der Waals surface area contributed by atoms with Crippen LogP contribution in [0.3, 0.4) is 0 Å². The summed E-state index contributed by atoms with van der Waals surface area (Å²) in [6.07, 6.45) is -0.651. The number of aliphatic hydroxyl groups excluding tert-OH is 1. The van der Waals surface area contributed by atoms with Gasteiger partial charge in [-0.05, 0) is 37.6 Å². The number of aryl methyl sites for hydroxylation is 1. The highest BCUT2D eigenvalue weighted by Crippen LogP contribution is 2.16. The predicted molar refractivity (Wildman–Crippen MR) is 68.2 cm³/mol. The summed E-state index contributed by atoms with van der Waals surface area (Å²) in [5.74, 6) is -0.221. The number of carbonyl (C=O) groups excluding carboxylic acids is 1. The molecule has 1 aromatic carbocycles. The summed E-state index contributed by atoms with van der Waals surface area (Å²) in [4.78, 5) is 11.7. The zero-order valence-corrected chi connectivity index (χ0v) is 10.7. The normalized spacial score (nSPS) is 14.2. The van der Waals surface area contributed by atoms with Crippen molar-refractivity contribution in [1.29, 1.82) is 0 Å². The lowest BCUT2D eigenvalue weighted by Crippen LogP contribution is -2.43. The van der Waals surface area contributed by atoms with Gasteiger partial charge >= 0.3 is 0 Å². The molecule has 0 aliphatic heterocycles. The van der Waals surface area contributed by atoms with Crippen molar-refractivity contribution in [1.82, 2.24) is 5.32 Å². The van der Waals surface area contributed by atoms with Gasteiger partial charge in [-0.25, -0.2) is 0 Å². The molecule has 2 atom stereocenters. The van der Waals surface area contributed by atoms with Crippen molar-refractivity contribution in [2.45, 2.75) is 26.0 Å². The van der Waals surface area contributed by atoms with Crippen molar-refractivity contribution in [2.75, 3.05) is 6.54 Å². The summed E-state index contributed by atoms with van der Waals surface area (Å²) in [7, 11) is 0. The van der Waals surface area contributed by atoms with Crippen LogP contribution in [0.1, 0.15) is 22.8 Å². The van der Waals surface area contributed by atoms with Gasteiger partial charge in [-0.3, -0.25) is 4.79 Å². The van der Waals surface area contributed by atoms with Gasteiger partial charge in [0.2, 0.25) is 0 Å². The second-order valence-electron chi connectivity index (χ2n) is 4.08. The molecule has 1 aromatic rings. The Morgan fingerprint density at radius 2 is 2.24 bits per heavy atom. The fourth-order valence-electron chi connectivity index (χ4n) is 1.27. The summed E-state index contributed by atoms with van der Waals surface area (Å²) in [5.41, 5.74) is 6.99. The second kappa shape index (κ2) is 6.00. The first-order chi connectivity index (χ1) is 7.91. The Morgan fingerprint density at radius 1 is 1.59 bits per heavy atom. The van der Waals surface area contributed by atoms with Gasteiger partial charge in [0, 0.05) is 23.2 Å². The minimum atomic E-state index is -0.651. The molecule has 0 aromatic heterocycles. The first kappa shape index (κ1) is 14.0. The quantitative estimate of drug-likeness (QED) is 0.755. The average molecular weight is 257 g/mol. The number of nitrogens with one attached hydrogen (secondary N) is 1. The third-order valence-electron chi connectivity index (χ3n) is 2.54. The lowest BCUT2D eigenvalue weighted by molar-refractivity contribution is 0.0937. The predicted octanol–water partition coefficient (Wildman–Crippen LogP) is 1.09. The van der Waals surface area contributed by atoms with E-state index in [9.17, 15) is 9.90 Å². The molecular weight excluding hydrogens is 240 g/mol. The van der Waals surface area contributed by atoms with E-state index in [0.29, 0.717) is 10.6 Å². The standard InChI is InChI=1S/C12H17ClN2O2/c1-7-5-9(3-4-10(7)13)12(17)15-6-11(14)8(2)16/h3-5,8,11,16H,6,14H2,1-2H3,(H,15,17). The van der Waals surface area contributed by atoms with Gasteiger partial charge in [-0.15, -0.1) is 0 Å². The SMILES string of the molecule is Cc1cc(C(=O)NCC(N)C(C)O)ccc1Cl. The molecule has 0 aliphatic carbocycles. The molecule has 0 saturated carbocycles. The number of hydrogen-bond donors (Lipinski definition) is 3. The van der Waals surface area contributed by atoms with E-state index in [2.05, 4.69) is 5.32 Å². The monoisotopic (exact) mass is 256 g/mol. The number of halogens is 1. The van der Waals surface area contributed by atoms with Gasteiger partial charge in [0.25, 0.3) is 5.91 Å². The van der Waals surface area contributed by atoms with Crippen molar-refractivity contribution in [3.63, 3.8) is 0 Å². The van der Waals surface area contributed by atoms with E-state index in [0.717, 1.165) is 5.56 Å².